The van der Waals surface area contributed by atoms with Gasteiger partial charge < -0.3 is 9.84 Å². The molecule has 0 aliphatic heterocycles. The van der Waals surface area contributed by atoms with E-state index in [1.54, 1.807) is 23.1 Å². The molecule has 0 aliphatic carbocycles. The van der Waals surface area contributed by atoms with Gasteiger partial charge in [0.25, 0.3) is 5.91 Å². The van der Waals surface area contributed by atoms with Crippen LogP contribution in [0, 0.1) is 6.92 Å². The average molecular weight is 366 g/mol. The van der Waals surface area contributed by atoms with Crippen molar-refractivity contribution < 1.29 is 9.32 Å². The number of carbonyl (C=O) groups is 1. The summed E-state index contributed by atoms with van der Waals surface area (Å²) in [5.41, 5.74) is 1.88. The zero-order valence-corrected chi connectivity index (χ0v) is 14.6. The lowest BCUT2D eigenvalue weighted by Gasteiger charge is -2.01. The summed E-state index contributed by atoms with van der Waals surface area (Å²) < 4.78 is 6.94. The fraction of sp³-hybridized carbons (Fsp3) is 0.118. The number of rotatable bonds is 5. The molecule has 1 aromatic carbocycles. The van der Waals surface area contributed by atoms with Crippen LogP contribution in [0.15, 0.2) is 53.3 Å². The van der Waals surface area contributed by atoms with E-state index in [2.05, 4.69) is 25.8 Å². The number of anilines is 1. The molecule has 26 heavy (non-hydrogen) atoms. The second kappa shape index (κ2) is 6.89. The number of aromatic nitrogens is 5. The highest BCUT2D eigenvalue weighted by atomic mass is 32.1. The lowest BCUT2D eigenvalue weighted by Crippen LogP contribution is -2.11. The monoisotopic (exact) mass is 366 g/mol. The van der Waals surface area contributed by atoms with Crippen LogP contribution < -0.4 is 5.32 Å². The van der Waals surface area contributed by atoms with E-state index >= 15 is 0 Å². The third-order valence-corrected chi connectivity index (χ3v) is 4.41. The van der Waals surface area contributed by atoms with Gasteiger partial charge >= 0.3 is 0 Å². The fourth-order valence-electron chi connectivity index (χ4n) is 2.36. The highest BCUT2D eigenvalue weighted by molar-refractivity contribution is 7.14. The third kappa shape index (κ3) is 3.52. The summed E-state index contributed by atoms with van der Waals surface area (Å²) in [6.45, 7) is 2.47. The first-order valence-electron chi connectivity index (χ1n) is 7.82. The van der Waals surface area contributed by atoms with Gasteiger partial charge in [-0.05, 0) is 12.5 Å². The second-order valence-electron chi connectivity index (χ2n) is 5.57. The van der Waals surface area contributed by atoms with Crippen molar-refractivity contribution in [2.45, 2.75) is 13.5 Å². The van der Waals surface area contributed by atoms with Gasteiger partial charge in [-0.25, -0.2) is 0 Å². The van der Waals surface area contributed by atoms with Crippen LogP contribution in [0.3, 0.4) is 0 Å². The minimum absolute atomic E-state index is 0.170. The molecule has 0 atom stereocenters. The summed E-state index contributed by atoms with van der Waals surface area (Å²) in [6, 6.07) is 11.5. The molecule has 0 spiro atoms. The molecule has 1 N–H and O–H groups in total. The predicted molar refractivity (Wildman–Crippen MR) is 95.9 cm³/mol. The number of aryl methyl sites for hydroxylation is 1. The first-order chi connectivity index (χ1) is 12.7. The Kier molecular flexibility index (Phi) is 4.28. The van der Waals surface area contributed by atoms with Crippen LogP contribution in [0.2, 0.25) is 0 Å². The number of benzene rings is 1. The zero-order valence-electron chi connectivity index (χ0n) is 13.8. The summed E-state index contributed by atoms with van der Waals surface area (Å²) in [5, 5.41) is 20.1. The molecular formula is C17H14N6O2S. The van der Waals surface area contributed by atoms with Crippen LogP contribution in [0.1, 0.15) is 21.1 Å². The SMILES string of the molecule is Cc1nnc(-c2cc(C(=O)Nc3cnn(Cc4ccccc4)c3)no2)s1. The third-order valence-electron chi connectivity index (χ3n) is 3.56. The van der Waals surface area contributed by atoms with Gasteiger partial charge in [-0.15, -0.1) is 10.2 Å². The molecule has 3 aromatic heterocycles. The van der Waals surface area contributed by atoms with Crippen LogP contribution >= 0.6 is 11.3 Å². The zero-order chi connectivity index (χ0) is 17.9. The van der Waals surface area contributed by atoms with Crippen molar-refractivity contribution in [2.24, 2.45) is 0 Å². The van der Waals surface area contributed by atoms with Gasteiger partial charge in [-0.2, -0.15) is 5.10 Å². The summed E-state index contributed by atoms with van der Waals surface area (Å²) in [7, 11) is 0. The number of hydrogen-bond donors (Lipinski definition) is 1. The van der Waals surface area contributed by atoms with Crippen molar-refractivity contribution in [1.29, 1.82) is 0 Å². The van der Waals surface area contributed by atoms with E-state index in [9.17, 15) is 4.79 Å². The molecule has 0 unspecified atom stereocenters. The van der Waals surface area contributed by atoms with Crippen molar-refractivity contribution in [3.05, 3.63) is 65.1 Å². The van der Waals surface area contributed by atoms with Crippen molar-refractivity contribution in [2.75, 3.05) is 5.32 Å². The highest BCUT2D eigenvalue weighted by Gasteiger charge is 2.17. The van der Waals surface area contributed by atoms with Gasteiger partial charge in [-0.1, -0.05) is 46.8 Å². The van der Waals surface area contributed by atoms with E-state index in [4.69, 9.17) is 4.52 Å². The summed E-state index contributed by atoms with van der Waals surface area (Å²) in [5.74, 6) is 0.0426. The Morgan fingerprint density at radius 3 is 2.88 bits per heavy atom. The number of nitrogens with zero attached hydrogens (tertiary/aromatic N) is 5. The van der Waals surface area contributed by atoms with Gasteiger partial charge in [0.05, 0.1) is 18.4 Å². The normalized spacial score (nSPS) is 10.8. The average Bonchev–Trinajstić information content (AvgIpc) is 3.37. The fourth-order valence-corrected chi connectivity index (χ4v) is 3.00. The Morgan fingerprint density at radius 2 is 2.12 bits per heavy atom. The van der Waals surface area contributed by atoms with E-state index in [0.29, 0.717) is 23.0 Å². The van der Waals surface area contributed by atoms with E-state index in [1.807, 2.05) is 37.3 Å². The molecule has 0 aliphatic rings. The largest absolute Gasteiger partial charge is 0.353 e. The molecule has 0 saturated heterocycles. The highest BCUT2D eigenvalue weighted by Crippen LogP contribution is 2.24. The van der Waals surface area contributed by atoms with Crippen molar-refractivity contribution in [1.82, 2.24) is 25.1 Å². The van der Waals surface area contributed by atoms with Gasteiger partial charge in [0.2, 0.25) is 0 Å². The van der Waals surface area contributed by atoms with Crippen molar-refractivity contribution in [3.63, 3.8) is 0 Å². The molecule has 0 fully saturated rings. The van der Waals surface area contributed by atoms with Crippen LogP contribution in [0.25, 0.3) is 10.8 Å². The van der Waals surface area contributed by atoms with Gasteiger partial charge in [0.15, 0.2) is 16.5 Å². The molecule has 4 rings (SSSR count). The molecule has 8 nitrogen and oxygen atoms in total. The molecular weight excluding hydrogens is 352 g/mol. The maximum atomic E-state index is 12.3. The van der Waals surface area contributed by atoms with E-state index in [1.165, 1.54) is 11.3 Å². The van der Waals surface area contributed by atoms with Crippen molar-refractivity contribution in [3.8, 4) is 10.8 Å². The summed E-state index contributed by atoms with van der Waals surface area (Å²) in [4.78, 5) is 12.3. The maximum Gasteiger partial charge on any atom is 0.277 e. The van der Waals surface area contributed by atoms with E-state index in [-0.39, 0.29) is 11.6 Å². The van der Waals surface area contributed by atoms with Crippen molar-refractivity contribution >= 4 is 22.9 Å². The predicted octanol–water partition coefficient (Wildman–Crippen LogP) is 3.00. The van der Waals surface area contributed by atoms with E-state index < -0.39 is 0 Å². The van der Waals surface area contributed by atoms with Gasteiger partial charge in [0, 0.05) is 12.3 Å². The second-order valence-corrected chi connectivity index (χ2v) is 6.75. The van der Waals surface area contributed by atoms with Crippen LogP contribution in [0.5, 0.6) is 0 Å². The Bertz CT molecular complexity index is 1040. The molecule has 4 aromatic rings. The van der Waals surface area contributed by atoms with Crippen LogP contribution in [-0.4, -0.2) is 31.0 Å². The van der Waals surface area contributed by atoms with Gasteiger partial charge in [-0.3, -0.25) is 9.48 Å². The molecule has 0 radical (unpaired) electrons. The topological polar surface area (TPSA) is 98.7 Å². The summed E-state index contributed by atoms with van der Waals surface area (Å²) in [6.07, 6.45) is 3.36. The smallest absolute Gasteiger partial charge is 0.277 e. The molecule has 130 valence electrons. The van der Waals surface area contributed by atoms with Crippen LogP contribution in [0.4, 0.5) is 5.69 Å². The number of nitrogens with one attached hydrogen (secondary N) is 1. The number of hydrogen-bond acceptors (Lipinski definition) is 7. The lowest BCUT2D eigenvalue weighted by molar-refractivity contribution is 0.101. The Morgan fingerprint density at radius 1 is 1.27 bits per heavy atom. The first kappa shape index (κ1) is 16.2. The van der Waals surface area contributed by atoms with Crippen LogP contribution in [-0.2, 0) is 6.54 Å². The molecule has 9 heteroatoms. The molecule has 1 amide bonds. The summed E-state index contributed by atoms with van der Waals surface area (Å²) >= 11 is 1.37. The Balaban J connectivity index is 1.43. The lowest BCUT2D eigenvalue weighted by atomic mass is 10.2. The standard InChI is InChI=1S/C17H14N6O2S/c1-11-20-21-17(26-11)15-7-14(22-25-15)16(24)19-13-8-18-23(10-13)9-12-5-3-2-4-6-12/h2-8,10H,9H2,1H3,(H,19,24). The van der Waals surface area contributed by atoms with Gasteiger partial charge in [0.1, 0.15) is 5.01 Å². The number of amides is 1. The maximum absolute atomic E-state index is 12.3. The minimum Gasteiger partial charge on any atom is -0.353 e. The molecule has 0 saturated carbocycles. The van der Waals surface area contributed by atoms with E-state index in [0.717, 1.165) is 10.6 Å². The Hall–Kier alpha value is -3.33. The Labute approximate surface area is 152 Å². The quantitative estimate of drug-likeness (QED) is 0.583. The molecule has 3 heterocycles. The first-order valence-corrected chi connectivity index (χ1v) is 8.64. The minimum atomic E-state index is -0.375. The molecule has 0 bridgehead atoms. The number of carbonyl (C=O) groups excluding carboxylic acids is 1.